The largest absolute Gasteiger partial charge is 0.323 e. The summed E-state index contributed by atoms with van der Waals surface area (Å²) in [7, 11) is 0. The van der Waals surface area contributed by atoms with Crippen LogP contribution in [0.25, 0.3) is 11.0 Å². The molecular formula is C18H19FN2. The molecule has 3 heteroatoms. The molecule has 0 amide bonds. The van der Waals surface area contributed by atoms with Crippen molar-refractivity contribution in [2.24, 2.45) is 5.92 Å². The monoisotopic (exact) mass is 282 g/mol. The van der Waals surface area contributed by atoms with Crippen molar-refractivity contribution in [3.8, 4) is 0 Å². The number of aromatic nitrogens is 2. The van der Waals surface area contributed by atoms with Gasteiger partial charge in [0.1, 0.15) is 11.6 Å². The van der Waals surface area contributed by atoms with E-state index in [0.717, 1.165) is 35.4 Å². The molecule has 2 aromatic carbocycles. The number of nitrogens with zero attached hydrogens (tertiary/aromatic N) is 2. The molecule has 1 heterocycles. The van der Waals surface area contributed by atoms with Crippen molar-refractivity contribution < 1.29 is 4.39 Å². The molecule has 0 atom stereocenters. The fraction of sp³-hybridized carbons (Fsp3) is 0.278. The van der Waals surface area contributed by atoms with Crippen LogP contribution in [0.5, 0.6) is 0 Å². The van der Waals surface area contributed by atoms with Gasteiger partial charge in [-0.2, -0.15) is 0 Å². The maximum absolute atomic E-state index is 13.1. The van der Waals surface area contributed by atoms with Gasteiger partial charge < -0.3 is 4.57 Å². The van der Waals surface area contributed by atoms with E-state index in [0.29, 0.717) is 5.92 Å². The first-order valence-electron chi connectivity index (χ1n) is 7.32. The van der Waals surface area contributed by atoms with Gasteiger partial charge in [0, 0.05) is 13.0 Å². The normalized spacial score (nSPS) is 11.4. The average Bonchev–Trinajstić information content (AvgIpc) is 2.78. The summed E-state index contributed by atoms with van der Waals surface area (Å²) in [5, 5.41) is 0. The van der Waals surface area contributed by atoms with Crippen molar-refractivity contribution in [2.75, 3.05) is 0 Å². The lowest BCUT2D eigenvalue weighted by Gasteiger charge is -2.11. The van der Waals surface area contributed by atoms with Crippen LogP contribution in [0.3, 0.4) is 0 Å². The summed E-state index contributed by atoms with van der Waals surface area (Å²) in [6.07, 6.45) is 0.940. The Balaban J connectivity index is 2.03. The molecule has 0 aliphatic carbocycles. The van der Waals surface area contributed by atoms with Gasteiger partial charge in [-0.15, -0.1) is 0 Å². The van der Waals surface area contributed by atoms with Crippen molar-refractivity contribution >= 4 is 11.0 Å². The number of fused-ring (bicyclic) bond motifs is 1. The second-order valence-corrected chi connectivity index (χ2v) is 5.83. The standard InChI is InChI=1S/C18H19FN2/c1-13(2)11-18-20-16-5-3-4-6-17(16)21(18)12-14-7-9-15(19)10-8-14/h3-10,13H,11-12H2,1-2H3. The Hall–Kier alpha value is -2.16. The Bertz CT molecular complexity index is 742. The molecule has 3 aromatic rings. The Labute approximate surface area is 124 Å². The molecule has 0 spiro atoms. The van der Waals surface area contributed by atoms with Gasteiger partial charge in [-0.25, -0.2) is 9.37 Å². The van der Waals surface area contributed by atoms with E-state index in [1.165, 1.54) is 12.1 Å². The van der Waals surface area contributed by atoms with Gasteiger partial charge in [0.05, 0.1) is 11.0 Å². The number of imidazole rings is 1. The number of halogens is 1. The lowest BCUT2D eigenvalue weighted by atomic mass is 10.1. The molecule has 0 saturated heterocycles. The van der Waals surface area contributed by atoms with E-state index in [-0.39, 0.29) is 5.82 Å². The number of para-hydroxylation sites is 2. The van der Waals surface area contributed by atoms with E-state index >= 15 is 0 Å². The minimum absolute atomic E-state index is 0.198. The van der Waals surface area contributed by atoms with Crippen LogP contribution >= 0.6 is 0 Å². The van der Waals surface area contributed by atoms with Crippen LogP contribution in [-0.2, 0) is 13.0 Å². The topological polar surface area (TPSA) is 17.8 Å². The molecule has 0 aliphatic heterocycles. The van der Waals surface area contributed by atoms with E-state index in [1.54, 1.807) is 0 Å². The summed E-state index contributed by atoms with van der Waals surface area (Å²) in [5.41, 5.74) is 3.25. The lowest BCUT2D eigenvalue weighted by molar-refractivity contribution is 0.594. The van der Waals surface area contributed by atoms with E-state index in [2.05, 4.69) is 24.5 Å². The first-order chi connectivity index (χ1) is 10.1. The third-order valence-electron chi connectivity index (χ3n) is 3.58. The maximum Gasteiger partial charge on any atom is 0.123 e. The summed E-state index contributed by atoms with van der Waals surface area (Å²) >= 11 is 0. The molecule has 3 rings (SSSR count). The van der Waals surface area contributed by atoms with Crippen molar-refractivity contribution in [3.05, 3.63) is 65.7 Å². The molecule has 0 fully saturated rings. The molecule has 0 aliphatic rings. The Morgan fingerprint density at radius 3 is 2.48 bits per heavy atom. The fourth-order valence-electron chi connectivity index (χ4n) is 2.60. The van der Waals surface area contributed by atoms with Crippen molar-refractivity contribution in [3.63, 3.8) is 0 Å². The van der Waals surface area contributed by atoms with Crippen molar-refractivity contribution in [2.45, 2.75) is 26.8 Å². The molecule has 0 N–H and O–H groups in total. The predicted molar refractivity (Wildman–Crippen MR) is 83.8 cm³/mol. The van der Waals surface area contributed by atoms with Gasteiger partial charge in [0.15, 0.2) is 0 Å². The number of benzene rings is 2. The zero-order valence-corrected chi connectivity index (χ0v) is 12.4. The van der Waals surface area contributed by atoms with Gasteiger partial charge >= 0.3 is 0 Å². The molecule has 0 bridgehead atoms. The number of hydrogen-bond donors (Lipinski definition) is 0. The molecule has 0 saturated carbocycles. The van der Waals surface area contributed by atoms with Gasteiger partial charge in [0.2, 0.25) is 0 Å². The molecule has 21 heavy (non-hydrogen) atoms. The second kappa shape index (κ2) is 5.68. The summed E-state index contributed by atoms with van der Waals surface area (Å²) < 4.78 is 15.3. The van der Waals surface area contributed by atoms with Gasteiger partial charge in [-0.3, -0.25) is 0 Å². The highest BCUT2D eigenvalue weighted by molar-refractivity contribution is 5.76. The zero-order valence-electron chi connectivity index (χ0n) is 12.4. The first kappa shape index (κ1) is 13.8. The van der Waals surface area contributed by atoms with Crippen molar-refractivity contribution in [1.82, 2.24) is 9.55 Å². The van der Waals surface area contributed by atoms with E-state index in [9.17, 15) is 4.39 Å². The van der Waals surface area contributed by atoms with Crippen LogP contribution in [0.1, 0.15) is 25.2 Å². The Morgan fingerprint density at radius 2 is 1.76 bits per heavy atom. The summed E-state index contributed by atoms with van der Waals surface area (Å²) in [6, 6.07) is 14.9. The fourth-order valence-corrected chi connectivity index (χ4v) is 2.60. The third-order valence-corrected chi connectivity index (χ3v) is 3.58. The summed E-state index contributed by atoms with van der Waals surface area (Å²) in [5.74, 6) is 1.45. The quantitative estimate of drug-likeness (QED) is 0.692. The highest BCUT2D eigenvalue weighted by atomic mass is 19.1. The maximum atomic E-state index is 13.1. The van der Waals surface area contributed by atoms with E-state index in [4.69, 9.17) is 4.98 Å². The molecule has 0 radical (unpaired) electrons. The highest BCUT2D eigenvalue weighted by Crippen LogP contribution is 2.20. The lowest BCUT2D eigenvalue weighted by Crippen LogP contribution is -2.08. The van der Waals surface area contributed by atoms with Crippen LogP contribution < -0.4 is 0 Å². The molecule has 1 aromatic heterocycles. The van der Waals surface area contributed by atoms with E-state index < -0.39 is 0 Å². The predicted octanol–water partition coefficient (Wildman–Crippen LogP) is 4.42. The number of rotatable bonds is 4. The summed E-state index contributed by atoms with van der Waals surface area (Å²) in [4.78, 5) is 4.76. The minimum atomic E-state index is -0.198. The minimum Gasteiger partial charge on any atom is -0.323 e. The number of hydrogen-bond acceptors (Lipinski definition) is 1. The van der Waals surface area contributed by atoms with Crippen LogP contribution in [0.15, 0.2) is 48.5 Å². The SMILES string of the molecule is CC(C)Cc1nc2ccccc2n1Cc1ccc(F)cc1. The van der Waals surface area contributed by atoms with Crippen LogP contribution in [0, 0.1) is 11.7 Å². The zero-order chi connectivity index (χ0) is 14.8. The first-order valence-corrected chi connectivity index (χ1v) is 7.32. The van der Waals surface area contributed by atoms with Crippen LogP contribution in [-0.4, -0.2) is 9.55 Å². The van der Waals surface area contributed by atoms with Gasteiger partial charge in [0.25, 0.3) is 0 Å². The Kier molecular flexibility index (Phi) is 3.74. The highest BCUT2D eigenvalue weighted by Gasteiger charge is 2.12. The molecule has 2 nitrogen and oxygen atoms in total. The molecule has 108 valence electrons. The average molecular weight is 282 g/mol. The Morgan fingerprint density at radius 1 is 1.05 bits per heavy atom. The van der Waals surface area contributed by atoms with Crippen molar-refractivity contribution in [1.29, 1.82) is 0 Å². The van der Waals surface area contributed by atoms with Gasteiger partial charge in [-0.1, -0.05) is 38.1 Å². The summed E-state index contributed by atoms with van der Waals surface area (Å²) in [6.45, 7) is 5.12. The second-order valence-electron chi connectivity index (χ2n) is 5.83. The van der Waals surface area contributed by atoms with Crippen LogP contribution in [0.4, 0.5) is 4.39 Å². The third kappa shape index (κ3) is 2.97. The van der Waals surface area contributed by atoms with E-state index in [1.807, 2.05) is 30.3 Å². The van der Waals surface area contributed by atoms with Gasteiger partial charge in [-0.05, 0) is 35.7 Å². The molecular weight excluding hydrogens is 263 g/mol. The van der Waals surface area contributed by atoms with Crippen LogP contribution in [0.2, 0.25) is 0 Å². The smallest absolute Gasteiger partial charge is 0.123 e. The molecule has 0 unspecified atom stereocenters.